The number of hydrogen-bond donors (Lipinski definition) is 2. The minimum absolute atomic E-state index is 0.0261. The molecule has 0 spiro atoms. The summed E-state index contributed by atoms with van der Waals surface area (Å²) in [6.45, 7) is 3.78. The van der Waals surface area contributed by atoms with Crippen molar-refractivity contribution in [1.29, 1.82) is 0 Å². The topological polar surface area (TPSA) is 66.4 Å². The van der Waals surface area contributed by atoms with E-state index in [0.29, 0.717) is 6.42 Å². The van der Waals surface area contributed by atoms with E-state index in [1.54, 1.807) is 12.1 Å². The Morgan fingerprint density at radius 1 is 1.32 bits per heavy atom. The zero-order valence-electron chi connectivity index (χ0n) is 11.2. The highest BCUT2D eigenvalue weighted by Crippen LogP contribution is 2.11. The molecule has 0 aromatic heterocycles. The molecule has 0 fully saturated rings. The lowest BCUT2D eigenvalue weighted by molar-refractivity contribution is 0.305. The smallest absolute Gasteiger partial charge is 0.240 e. The lowest BCUT2D eigenvalue weighted by atomic mass is 10.2. The Bertz CT molecular complexity index is 553. The van der Waals surface area contributed by atoms with Crippen LogP contribution in [0.1, 0.15) is 32.3 Å². The lowest BCUT2D eigenvalue weighted by Crippen LogP contribution is -2.31. The third-order valence-corrected chi connectivity index (χ3v) is 4.21. The van der Waals surface area contributed by atoms with Gasteiger partial charge in [0, 0.05) is 18.0 Å². The first-order valence-electron chi connectivity index (χ1n) is 6.21. The molecular formula is C14H19NO3S. The summed E-state index contributed by atoms with van der Waals surface area (Å²) in [4.78, 5) is 0.237. The predicted molar refractivity (Wildman–Crippen MR) is 75.1 cm³/mol. The van der Waals surface area contributed by atoms with Crippen molar-refractivity contribution < 1.29 is 13.5 Å². The van der Waals surface area contributed by atoms with Gasteiger partial charge in [-0.25, -0.2) is 13.1 Å². The summed E-state index contributed by atoms with van der Waals surface area (Å²) >= 11 is 0. The van der Waals surface area contributed by atoms with Crippen molar-refractivity contribution in [2.75, 3.05) is 6.61 Å². The zero-order valence-corrected chi connectivity index (χ0v) is 12.0. The molecule has 0 bridgehead atoms. The van der Waals surface area contributed by atoms with Crippen LogP contribution in [-0.2, 0) is 10.0 Å². The van der Waals surface area contributed by atoms with E-state index in [4.69, 9.17) is 5.11 Å². The van der Waals surface area contributed by atoms with Gasteiger partial charge in [-0.1, -0.05) is 18.8 Å². The molecule has 1 unspecified atom stereocenters. The first kappa shape index (κ1) is 15.7. The van der Waals surface area contributed by atoms with Gasteiger partial charge < -0.3 is 5.11 Å². The first-order chi connectivity index (χ1) is 8.99. The van der Waals surface area contributed by atoms with E-state index in [0.717, 1.165) is 12.0 Å². The van der Waals surface area contributed by atoms with Crippen LogP contribution in [0.15, 0.2) is 29.2 Å². The van der Waals surface area contributed by atoms with Crippen molar-refractivity contribution in [3.63, 3.8) is 0 Å². The molecule has 1 atom stereocenters. The van der Waals surface area contributed by atoms with Crippen molar-refractivity contribution >= 4 is 10.0 Å². The van der Waals surface area contributed by atoms with Gasteiger partial charge in [-0.2, -0.15) is 0 Å². The zero-order chi connectivity index (χ0) is 14.3. The lowest BCUT2D eigenvalue weighted by Gasteiger charge is -2.11. The van der Waals surface area contributed by atoms with Crippen molar-refractivity contribution in [2.45, 2.75) is 37.6 Å². The molecule has 19 heavy (non-hydrogen) atoms. The second-order valence-corrected chi connectivity index (χ2v) is 5.94. The molecule has 1 rings (SSSR count). The van der Waals surface area contributed by atoms with Gasteiger partial charge in [-0.05, 0) is 37.6 Å². The van der Waals surface area contributed by atoms with Crippen molar-refractivity contribution in [3.8, 4) is 11.8 Å². The first-order valence-corrected chi connectivity index (χ1v) is 7.70. The number of hydrogen-bond acceptors (Lipinski definition) is 3. The Hall–Kier alpha value is -1.35. The number of aliphatic hydroxyl groups is 1. The molecule has 0 saturated carbocycles. The highest BCUT2D eigenvalue weighted by Gasteiger charge is 2.15. The van der Waals surface area contributed by atoms with Crippen LogP contribution < -0.4 is 4.72 Å². The average molecular weight is 281 g/mol. The monoisotopic (exact) mass is 281 g/mol. The normalized spacial score (nSPS) is 12.6. The molecule has 0 aliphatic rings. The molecule has 0 aliphatic carbocycles. The Morgan fingerprint density at radius 2 is 1.95 bits per heavy atom. The fourth-order valence-electron chi connectivity index (χ4n) is 1.35. The minimum Gasteiger partial charge on any atom is -0.395 e. The van der Waals surface area contributed by atoms with Gasteiger partial charge in [-0.3, -0.25) is 0 Å². The molecule has 1 aromatic carbocycles. The predicted octanol–water partition coefficient (Wildman–Crippen LogP) is 1.50. The highest BCUT2D eigenvalue weighted by atomic mass is 32.2. The highest BCUT2D eigenvalue weighted by molar-refractivity contribution is 7.89. The number of rotatable bonds is 5. The molecule has 4 nitrogen and oxygen atoms in total. The maximum atomic E-state index is 12.0. The Labute approximate surface area is 114 Å². The van der Waals surface area contributed by atoms with Gasteiger partial charge in [0.05, 0.1) is 11.5 Å². The molecule has 0 saturated heterocycles. The van der Waals surface area contributed by atoms with E-state index in [-0.39, 0.29) is 17.5 Å². The second kappa shape index (κ2) is 7.29. The van der Waals surface area contributed by atoms with Gasteiger partial charge in [0.2, 0.25) is 10.0 Å². The summed E-state index contributed by atoms with van der Waals surface area (Å²) < 4.78 is 26.6. The third kappa shape index (κ3) is 5.03. The summed E-state index contributed by atoms with van der Waals surface area (Å²) in [5, 5.41) is 8.61. The van der Waals surface area contributed by atoms with E-state index >= 15 is 0 Å². The minimum atomic E-state index is -3.45. The number of nitrogens with one attached hydrogen (secondary N) is 1. The summed E-state index contributed by atoms with van der Waals surface area (Å²) in [6.07, 6.45) is 1.15. The van der Waals surface area contributed by atoms with Crippen LogP contribution in [0.3, 0.4) is 0 Å². The largest absolute Gasteiger partial charge is 0.395 e. The van der Waals surface area contributed by atoms with Crippen molar-refractivity contribution in [2.24, 2.45) is 0 Å². The number of benzene rings is 1. The Balaban J connectivity index is 2.84. The van der Waals surface area contributed by atoms with Crippen LogP contribution in [0.25, 0.3) is 0 Å². The molecule has 0 aliphatic heterocycles. The quantitative estimate of drug-likeness (QED) is 0.804. The van der Waals surface area contributed by atoms with Crippen LogP contribution in [0, 0.1) is 11.8 Å². The van der Waals surface area contributed by atoms with Gasteiger partial charge in [0.1, 0.15) is 0 Å². The standard InChI is InChI=1S/C14H19NO3S/c1-3-12(2)15-19(17,18)14-9-7-13(8-10-14)6-4-5-11-16/h7-10,12,15-16H,3,5,11H2,1-2H3. The van der Waals surface area contributed by atoms with E-state index in [1.807, 2.05) is 13.8 Å². The van der Waals surface area contributed by atoms with E-state index in [2.05, 4.69) is 16.6 Å². The SMILES string of the molecule is CCC(C)NS(=O)(=O)c1ccc(C#CCCO)cc1. The molecule has 0 radical (unpaired) electrons. The van der Waals surface area contributed by atoms with E-state index in [9.17, 15) is 8.42 Å². The van der Waals surface area contributed by atoms with E-state index < -0.39 is 10.0 Å². The fourth-order valence-corrected chi connectivity index (χ4v) is 2.68. The Kier molecular flexibility index (Phi) is 6.03. The summed E-state index contributed by atoms with van der Waals surface area (Å²) in [5.74, 6) is 5.64. The summed E-state index contributed by atoms with van der Waals surface area (Å²) in [5.41, 5.74) is 0.732. The summed E-state index contributed by atoms with van der Waals surface area (Å²) in [7, 11) is -3.45. The average Bonchev–Trinajstić information content (AvgIpc) is 2.39. The molecule has 0 amide bonds. The van der Waals surface area contributed by atoms with Crippen molar-refractivity contribution in [1.82, 2.24) is 4.72 Å². The van der Waals surface area contributed by atoms with Gasteiger partial charge in [-0.15, -0.1) is 0 Å². The molecule has 104 valence electrons. The van der Waals surface area contributed by atoms with Crippen LogP contribution in [-0.4, -0.2) is 26.2 Å². The van der Waals surface area contributed by atoms with Crippen molar-refractivity contribution in [3.05, 3.63) is 29.8 Å². The van der Waals surface area contributed by atoms with Gasteiger partial charge in [0.15, 0.2) is 0 Å². The molecule has 5 heteroatoms. The van der Waals surface area contributed by atoms with Gasteiger partial charge in [0.25, 0.3) is 0 Å². The maximum absolute atomic E-state index is 12.0. The molecule has 1 aromatic rings. The number of sulfonamides is 1. The van der Waals surface area contributed by atoms with Gasteiger partial charge >= 0.3 is 0 Å². The van der Waals surface area contributed by atoms with Crippen LogP contribution in [0.4, 0.5) is 0 Å². The molecule has 2 N–H and O–H groups in total. The van der Waals surface area contributed by atoms with E-state index in [1.165, 1.54) is 12.1 Å². The van der Waals surface area contributed by atoms with Crippen LogP contribution >= 0.6 is 0 Å². The Morgan fingerprint density at radius 3 is 2.47 bits per heavy atom. The molecular weight excluding hydrogens is 262 g/mol. The second-order valence-electron chi connectivity index (χ2n) is 4.23. The molecule has 0 heterocycles. The third-order valence-electron chi connectivity index (χ3n) is 2.60. The fraction of sp³-hybridized carbons (Fsp3) is 0.429. The maximum Gasteiger partial charge on any atom is 0.240 e. The van der Waals surface area contributed by atoms with Crippen LogP contribution in [0.5, 0.6) is 0 Å². The van der Waals surface area contributed by atoms with Crippen LogP contribution in [0.2, 0.25) is 0 Å². The number of aliphatic hydroxyl groups excluding tert-OH is 1. The summed E-state index contributed by atoms with van der Waals surface area (Å²) in [6, 6.07) is 6.31.